The highest BCUT2D eigenvalue weighted by molar-refractivity contribution is 9.10. The van der Waals surface area contributed by atoms with Crippen molar-refractivity contribution in [2.75, 3.05) is 7.11 Å². The number of halogens is 1. The second-order valence-electron chi connectivity index (χ2n) is 6.22. The van der Waals surface area contributed by atoms with Gasteiger partial charge in [0.2, 0.25) is 0 Å². The smallest absolute Gasteiger partial charge is 0.411 e. The Balaban J connectivity index is 2.37. The highest BCUT2D eigenvalue weighted by atomic mass is 79.9. The van der Waals surface area contributed by atoms with E-state index in [-0.39, 0.29) is 6.54 Å². The highest BCUT2D eigenvalue weighted by Gasteiger charge is 2.34. The molecule has 0 aliphatic carbocycles. The molecule has 1 aromatic carbocycles. The number of hydrogen-bond donors (Lipinski definition) is 0. The van der Waals surface area contributed by atoms with E-state index in [2.05, 4.69) is 15.9 Å². The van der Waals surface area contributed by atoms with Gasteiger partial charge in [-0.05, 0) is 38.5 Å². The van der Waals surface area contributed by atoms with Crippen molar-refractivity contribution in [2.45, 2.75) is 45.4 Å². The van der Waals surface area contributed by atoms with E-state index in [0.29, 0.717) is 12.2 Å². The molecule has 1 heterocycles. The van der Waals surface area contributed by atoms with Crippen LogP contribution in [-0.4, -0.2) is 36.0 Å². The van der Waals surface area contributed by atoms with Crippen LogP contribution in [0.5, 0.6) is 5.75 Å². The van der Waals surface area contributed by atoms with Crippen LogP contribution in [0.1, 0.15) is 31.9 Å². The van der Waals surface area contributed by atoms with Crippen LogP contribution in [0.2, 0.25) is 0 Å². The molecule has 6 heteroatoms. The first-order valence-electron chi connectivity index (χ1n) is 7.06. The van der Waals surface area contributed by atoms with Crippen molar-refractivity contribution in [1.29, 1.82) is 0 Å². The van der Waals surface area contributed by atoms with Crippen LogP contribution in [0.25, 0.3) is 0 Å². The molecule has 2 rings (SSSR count). The number of hydrogen-bond acceptors (Lipinski definition) is 4. The lowest BCUT2D eigenvalue weighted by atomic mass is 9.94. The van der Waals surface area contributed by atoms with Crippen LogP contribution in [0.4, 0.5) is 4.79 Å². The third-order valence-corrected chi connectivity index (χ3v) is 4.22. The van der Waals surface area contributed by atoms with E-state index in [1.54, 1.807) is 27.9 Å². The van der Waals surface area contributed by atoms with Gasteiger partial charge < -0.3 is 14.3 Å². The molecule has 1 atom stereocenters. The van der Waals surface area contributed by atoms with Gasteiger partial charge in [-0.3, -0.25) is 4.90 Å². The van der Waals surface area contributed by atoms with Crippen LogP contribution in [0.15, 0.2) is 16.6 Å². The molecule has 0 fully saturated rings. The van der Waals surface area contributed by atoms with E-state index in [1.807, 2.05) is 12.1 Å². The monoisotopic (exact) mass is 369 g/mol. The Kier molecular flexibility index (Phi) is 4.80. The van der Waals surface area contributed by atoms with Crippen LogP contribution in [-0.2, 0) is 22.5 Å². The van der Waals surface area contributed by atoms with Gasteiger partial charge in [-0.1, -0.05) is 15.9 Å². The van der Waals surface area contributed by atoms with E-state index in [1.165, 1.54) is 4.90 Å². The molecule has 0 aromatic heterocycles. The van der Waals surface area contributed by atoms with Gasteiger partial charge in [0.05, 0.1) is 19.7 Å². The first-order chi connectivity index (χ1) is 10.3. The first kappa shape index (κ1) is 16.8. The molecule has 0 bridgehead atoms. The first-order valence-corrected chi connectivity index (χ1v) is 7.85. The maximum atomic E-state index is 12.4. The van der Waals surface area contributed by atoms with Crippen LogP contribution < -0.4 is 4.74 Å². The summed E-state index contributed by atoms with van der Waals surface area (Å²) in [5.74, 6) is 0.705. The van der Waals surface area contributed by atoms with Gasteiger partial charge in [0.25, 0.3) is 0 Å². The molecule has 0 N–H and O–H groups in total. The van der Waals surface area contributed by atoms with Gasteiger partial charge in [-0.15, -0.1) is 0 Å². The van der Waals surface area contributed by atoms with Gasteiger partial charge >= 0.3 is 6.09 Å². The molecule has 1 aliphatic rings. The van der Waals surface area contributed by atoms with Crippen molar-refractivity contribution >= 4 is 28.3 Å². The highest BCUT2D eigenvalue weighted by Crippen LogP contribution is 2.35. The van der Waals surface area contributed by atoms with Crippen LogP contribution in [0.3, 0.4) is 0 Å². The minimum absolute atomic E-state index is 0.288. The van der Waals surface area contributed by atoms with E-state index in [0.717, 1.165) is 21.9 Å². The lowest BCUT2D eigenvalue weighted by molar-refractivity contribution is -0.113. The Labute approximate surface area is 138 Å². The molecule has 120 valence electrons. The largest absolute Gasteiger partial charge is 0.496 e. The molecule has 1 aromatic rings. The lowest BCUT2D eigenvalue weighted by Gasteiger charge is -2.36. The molecule has 1 amide bonds. The quantitative estimate of drug-likeness (QED) is 0.750. The zero-order valence-corrected chi connectivity index (χ0v) is 14.8. The molecule has 0 radical (unpaired) electrons. The summed E-state index contributed by atoms with van der Waals surface area (Å²) in [6.45, 7) is 5.69. The number of benzene rings is 1. The van der Waals surface area contributed by atoms with Gasteiger partial charge in [0.1, 0.15) is 17.6 Å². The Morgan fingerprint density at radius 3 is 2.59 bits per heavy atom. The van der Waals surface area contributed by atoms with Crippen LogP contribution in [0, 0.1) is 0 Å². The molecule has 0 saturated carbocycles. The van der Waals surface area contributed by atoms with E-state index in [4.69, 9.17) is 9.47 Å². The van der Waals surface area contributed by atoms with E-state index in [9.17, 15) is 9.59 Å². The summed E-state index contributed by atoms with van der Waals surface area (Å²) in [6, 6.07) is 3.20. The Morgan fingerprint density at radius 1 is 1.36 bits per heavy atom. The molecule has 1 unspecified atom stereocenters. The summed E-state index contributed by atoms with van der Waals surface area (Å²) in [4.78, 5) is 25.2. The fourth-order valence-corrected chi connectivity index (χ4v) is 3.01. The fraction of sp³-hybridized carbons (Fsp3) is 0.500. The van der Waals surface area contributed by atoms with Crippen molar-refractivity contribution in [3.8, 4) is 5.75 Å². The number of fused-ring (bicyclic) bond motifs is 1. The summed E-state index contributed by atoms with van der Waals surface area (Å²) in [6.07, 6.45) is 0.742. The molecule has 5 nitrogen and oxygen atoms in total. The average Bonchev–Trinajstić information content (AvgIpc) is 2.45. The summed E-state index contributed by atoms with van der Waals surface area (Å²) in [7, 11) is 1.59. The average molecular weight is 370 g/mol. The maximum Gasteiger partial charge on any atom is 0.411 e. The third-order valence-electron chi connectivity index (χ3n) is 3.48. The third kappa shape index (κ3) is 3.43. The summed E-state index contributed by atoms with van der Waals surface area (Å²) >= 11 is 3.50. The molecular weight excluding hydrogens is 350 g/mol. The van der Waals surface area contributed by atoms with Crippen molar-refractivity contribution < 1.29 is 19.1 Å². The van der Waals surface area contributed by atoms with E-state index >= 15 is 0 Å². The van der Waals surface area contributed by atoms with Gasteiger partial charge in [-0.25, -0.2) is 4.79 Å². The normalized spacial score (nSPS) is 17.7. The molecule has 22 heavy (non-hydrogen) atoms. The molecular formula is C16H20BrNO4. The molecule has 0 spiro atoms. The number of rotatable bonds is 2. The fourth-order valence-electron chi connectivity index (χ4n) is 2.48. The Morgan fingerprint density at radius 2 is 2.05 bits per heavy atom. The maximum absolute atomic E-state index is 12.4. The van der Waals surface area contributed by atoms with Crippen molar-refractivity contribution in [1.82, 2.24) is 4.90 Å². The lowest BCUT2D eigenvalue weighted by Crippen LogP contribution is -2.47. The van der Waals surface area contributed by atoms with Crippen molar-refractivity contribution in [2.24, 2.45) is 0 Å². The number of methoxy groups -OCH3 is 1. The summed E-state index contributed by atoms with van der Waals surface area (Å²) in [5.41, 5.74) is 1.30. The number of carbonyl (C=O) groups is 2. The predicted molar refractivity (Wildman–Crippen MR) is 86.0 cm³/mol. The second kappa shape index (κ2) is 6.28. The molecule has 0 saturated heterocycles. The number of ether oxygens (including phenoxy) is 2. The second-order valence-corrected chi connectivity index (χ2v) is 7.08. The van der Waals surface area contributed by atoms with Gasteiger partial charge in [0.15, 0.2) is 0 Å². The molecule has 1 aliphatic heterocycles. The minimum Gasteiger partial charge on any atom is -0.496 e. The number of aldehydes is 1. The zero-order valence-electron chi connectivity index (χ0n) is 13.2. The number of amides is 1. The zero-order chi connectivity index (χ0) is 16.5. The predicted octanol–water partition coefficient (Wildman–Crippen LogP) is 3.32. The topological polar surface area (TPSA) is 55.8 Å². The van der Waals surface area contributed by atoms with Crippen LogP contribution >= 0.6 is 15.9 Å². The Hall–Kier alpha value is -1.56. The standard InChI is InChI=1S/C16H20BrNO4/c1-16(2,3)22-15(20)18-8-12-11(7-10(18)9-19)13(17)5-6-14(12)21-4/h5-6,9-10H,7-8H2,1-4H3. The summed E-state index contributed by atoms with van der Waals surface area (Å²) in [5, 5.41) is 0. The number of nitrogens with zero attached hydrogens (tertiary/aromatic N) is 1. The number of carbonyl (C=O) groups excluding carboxylic acids is 2. The SMILES string of the molecule is COc1ccc(Br)c2c1CN(C(=O)OC(C)(C)C)C(C=O)C2. The van der Waals surface area contributed by atoms with Crippen molar-refractivity contribution in [3.63, 3.8) is 0 Å². The van der Waals surface area contributed by atoms with Gasteiger partial charge in [0, 0.05) is 16.5 Å². The summed E-state index contributed by atoms with van der Waals surface area (Å²) < 4.78 is 11.7. The minimum atomic E-state index is -0.605. The van der Waals surface area contributed by atoms with E-state index < -0.39 is 17.7 Å². The van der Waals surface area contributed by atoms with Crippen molar-refractivity contribution in [3.05, 3.63) is 27.7 Å². The van der Waals surface area contributed by atoms with Gasteiger partial charge in [-0.2, -0.15) is 0 Å². The Bertz CT molecular complexity index is 595.